The fourth-order valence-electron chi connectivity index (χ4n) is 5.19. The zero-order valence-corrected chi connectivity index (χ0v) is 22.4. The third-order valence-corrected chi connectivity index (χ3v) is 7.20. The lowest BCUT2D eigenvalue weighted by Crippen LogP contribution is -2.37. The van der Waals surface area contributed by atoms with Crippen LogP contribution in [0.1, 0.15) is 79.9 Å². The molecule has 0 radical (unpaired) electrons. The van der Waals surface area contributed by atoms with E-state index in [4.69, 9.17) is 0 Å². The van der Waals surface area contributed by atoms with E-state index in [0.29, 0.717) is 19.0 Å². The Morgan fingerprint density at radius 1 is 1.19 bits per heavy atom. The number of amides is 1. The average Bonchev–Trinajstić information content (AvgIpc) is 3.11. The SMILES string of the molecule is CCCCCC(C)c1c2n(c3cc(C(=O)O)ccc13)CC(C(=O)NCCN(C)C)CC/C=C\C=C/C2. The predicted octanol–water partition coefficient (Wildman–Crippen LogP) is 5.77. The van der Waals surface area contributed by atoms with Crippen molar-refractivity contribution in [3.63, 3.8) is 0 Å². The normalized spacial score (nSPS) is 18.9. The third-order valence-electron chi connectivity index (χ3n) is 7.20. The van der Waals surface area contributed by atoms with Crippen molar-refractivity contribution in [3.8, 4) is 0 Å². The third kappa shape index (κ3) is 7.10. The molecule has 0 aliphatic carbocycles. The first-order chi connectivity index (χ1) is 17.3. The number of benzene rings is 1. The van der Waals surface area contributed by atoms with Gasteiger partial charge in [0, 0.05) is 42.7 Å². The Kier molecular flexibility index (Phi) is 10.4. The van der Waals surface area contributed by atoms with E-state index in [1.807, 2.05) is 20.2 Å². The molecule has 2 atom stereocenters. The Morgan fingerprint density at radius 2 is 1.97 bits per heavy atom. The van der Waals surface area contributed by atoms with Crippen LogP contribution in [0.3, 0.4) is 0 Å². The molecular formula is C30H43N3O3. The highest BCUT2D eigenvalue weighted by atomic mass is 16.4. The first-order valence-electron chi connectivity index (χ1n) is 13.5. The number of allylic oxidation sites excluding steroid dienone is 4. The average molecular weight is 494 g/mol. The summed E-state index contributed by atoms with van der Waals surface area (Å²) in [6.07, 6.45) is 15.5. The van der Waals surface area contributed by atoms with Crippen LogP contribution in [0.2, 0.25) is 0 Å². The Morgan fingerprint density at radius 3 is 2.69 bits per heavy atom. The number of carbonyl (C=O) groups excluding carboxylic acids is 1. The molecule has 0 saturated carbocycles. The quantitative estimate of drug-likeness (QED) is 0.412. The molecule has 2 N–H and O–H groups in total. The maximum Gasteiger partial charge on any atom is 0.335 e. The zero-order valence-electron chi connectivity index (χ0n) is 22.4. The number of nitrogens with one attached hydrogen (secondary N) is 1. The van der Waals surface area contributed by atoms with Crippen LogP contribution in [0.15, 0.2) is 42.5 Å². The highest BCUT2D eigenvalue weighted by Crippen LogP contribution is 2.37. The van der Waals surface area contributed by atoms with Crippen LogP contribution in [-0.2, 0) is 17.8 Å². The number of nitrogens with zero attached hydrogens (tertiary/aromatic N) is 2. The standard InChI is InChI=1S/C30H43N3O3/c1-5-6-10-13-22(2)28-25-17-16-23(30(35)36)20-27(25)33-21-24(29(34)31-18-19-32(3)4)14-11-8-7-9-12-15-26(28)33/h7-9,12,16-17,20,22,24H,5-6,10-11,13-15,18-19,21H2,1-4H3,(H,31,34)(H,35,36)/b8-7-,12-9-. The number of hydrogen-bond acceptors (Lipinski definition) is 3. The molecule has 2 aromatic rings. The molecule has 2 heterocycles. The molecule has 0 saturated heterocycles. The Hall–Kier alpha value is -2.86. The predicted molar refractivity (Wildman–Crippen MR) is 148 cm³/mol. The van der Waals surface area contributed by atoms with Crippen LogP contribution in [-0.4, -0.2) is 53.6 Å². The van der Waals surface area contributed by atoms with Gasteiger partial charge in [0.2, 0.25) is 5.91 Å². The molecule has 2 unspecified atom stereocenters. The van der Waals surface area contributed by atoms with E-state index in [1.165, 1.54) is 30.5 Å². The first kappa shape index (κ1) is 27.7. The summed E-state index contributed by atoms with van der Waals surface area (Å²) in [5.74, 6) is -0.700. The van der Waals surface area contributed by atoms with Crippen molar-refractivity contribution in [2.24, 2.45) is 5.92 Å². The number of aromatic carboxylic acids is 1. The van der Waals surface area contributed by atoms with Crippen molar-refractivity contribution >= 4 is 22.8 Å². The molecule has 1 amide bonds. The number of aromatic nitrogens is 1. The maximum atomic E-state index is 13.3. The molecule has 3 rings (SSSR count). The molecular weight excluding hydrogens is 450 g/mol. The van der Waals surface area contributed by atoms with Gasteiger partial charge >= 0.3 is 5.97 Å². The van der Waals surface area contributed by atoms with E-state index in [2.05, 4.69) is 52.9 Å². The Balaban J connectivity index is 2.09. The van der Waals surface area contributed by atoms with Gasteiger partial charge in [0.25, 0.3) is 0 Å². The van der Waals surface area contributed by atoms with Crippen molar-refractivity contribution in [2.45, 2.75) is 71.3 Å². The second kappa shape index (κ2) is 13.4. The van der Waals surface area contributed by atoms with Crippen molar-refractivity contribution in [3.05, 3.63) is 59.3 Å². The molecule has 0 spiro atoms. The Bertz CT molecular complexity index is 1100. The minimum Gasteiger partial charge on any atom is -0.478 e. The lowest BCUT2D eigenvalue weighted by atomic mass is 9.91. The van der Waals surface area contributed by atoms with Crippen molar-refractivity contribution in [1.29, 1.82) is 0 Å². The molecule has 6 nitrogen and oxygen atoms in total. The minimum atomic E-state index is -0.927. The smallest absolute Gasteiger partial charge is 0.335 e. The number of carbonyl (C=O) groups is 2. The second-order valence-corrected chi connectivity index (χ2v) is 10.3. The number of rotatable bonds is 10. The van der Waals surface area contributed by atoms with E-state index in [-0.39, 0.29) is 17.4 Å². The van der Waals surface area contributed by atoms with Gasteiger partial charge in [0.15, 0.2) is 0 Å². The summed E-state index contributed by atoms with van der Waals surface area (Å²) in [5, 5.41) is 14.0. The van der Waals surface area contributed by atoms with Crippen LogP contribution in [0.5, 0.6) is 0 Å². The Labute approximate surface area is 216 Å². The molecule has 6 heteroatoms. The van der Waals surface area contributed by atoms with Gasteiger partial charge in [0.1, 0.15) is 0 Å². The van der Waals surface area contributed by atoms with Gasteiger partial charge in [-0.05, 0) is 57.0 Å². The molecule has 36 heavy (non-hydrogen) atoms. The van der Waals surface area contributed by atoms with Gasteiger partial charge in [-0.15, -0.1) is 0 Å². The number of carboxylic acid groups (broad SMARTS) is 1. The summed E-state index contributed by atoms with van der Waals surface area (Å²) in [6.45, 7) is 6.46. The number of unbranched alkanes of at least 4 members (excludes halogenated alkanes) is 2. The number of fused-ring (bicyclic) bond motifs is 3. The summed E-state index contributed by atoms with van der Waals surface area (Å²) >= 11 is 0. The van der Waals surface area contributed by atoms with Gasteiger partial charge in [-0.1, -0.05) is 63.5 Å². The highest BCUT2D eigenvalue weighted by molar-refractivity contribution is 5.95. The van der Waals surface area contributed by atoms with E-state index in [1.54, 1.807) is 12.1 Å². The van der Waals surface area contributed by atoms with Crippen molar-refractivity contribution < 1.29 is 14.7 Å². The minimum absolute atomic E-state index is 0.0668. The number of carboxylic acids is 1. The first-order valence-corrected chi connectivity index (χ1v) is 13.5. The molecule has 1 aliphatic rings. The van der Waals surface area contributed by atoms with Crippen LogP contribution in [0, 0.1) is 5.92 Å². The van der Waals surface area contributed by atoms with Gasteiger partial charge in [0.05, 0.1) is 11.5 Å². The van der Waals surface area contributed by atoms with Gasteiger partial charge in [-0.3, -0.25) is 4.79 Å². The molecule has 0 bridgehead atoms. The van der Waals surface area contributed by atoms with Crippen LogP contribution >= 0.6 is 0 Å². The number of likely N-dealkylation sites (N-methyl/N-ethyl adjacent to an activating group) is 1. The fraction of sp³-hybridized carbons (Fsp3) is 0.533. The second-order valence-electron chi connectivity index (χ2n) is 10.3. The van der Waals surface area contributed by atoms with Crippen LogP contribution in [0.4, 0.5) is 0 Å². The summed E-state index contributed by atoms with van der Waals surface area (Å²) in [4.78, 5) is 27.2. The monoisotopic (exact) mass is 493 g/mol. The topological polar surface area (TPSA) is 74.6 Å². The molecule has 0 fully saturated rings. The van der Waals surface area contributed by atoms with Crippen LogP contribution in [0.25, 0.3) is 10.9 Å². The zero-order chi connectivity index (χ0) is 26.1. The van der Waals surface area contributed by atoms with Gasteiger partial charge < -0.3 is 19.9 Å². The molecule has 196 valence electrons. The van der Waals surface area contributed by atoms with E-state index < -0.39 is 5.97 Å². The van der Waals surface area contributed by atoms with Gasteiger partial charge in [-0.2, -0.15) is 0 Å². The highest BCUT2D eigenvalue weighted by Gasteiger charge is 2.26. The van der Waals surface area contributed by atoms with E-state index in [0.717, 1.165) is 43.1 Å². The van der Waals surface area contributed by atoms with E-state index in [9.17, 15) is 14.7 Å². The summed E-state index contributed by atoms with van der Waals surface area (Å²) < 4.78 is 2.25. The summed E-state index contributed by atoms with van der Waals surface area (Å²) in [6, 6.07) is 5.49. The fourth-order valence-corrected chi connectivity index (χ4v) is 5.19. The van der Waals surface area contributed by atoms with Crippen molar-refractivity contribution in [2.75, 3.05) is 27.2 Å². The van der Waals surface area contributed by atoms with Crippen LogP contribution < -0.4 is 5.32 Å². The maximum absolute atomic E-state index is 13.3. The summed E-state index contributed by atoms with van der Waals surface area (Å²) in [5.41, 5.74) is 3.72. The molecule has 1 aromatic carbocycles. The van der Waals surface area contributed by atoms with Gasteiger partial charge in [-0.25, -0.2) is 4.79 Å². The number of hydrogen-bond donors (Lipinski definition) is 2. The molecule has 1 aromatic heterocycles. The van der Waals surface area contributed by atoms with E-state index >= 15 is 0 Å². The largest absolute Gasteiger partial charge is 0.478 e. The molecule has 1 aliphatic heterocycles. The lowest BCUT2D eigenvalue weighted by Gasteiger charge is -2.21. The lowest BCUT2D eigenvalue weighted by molar-refractivity contribution is -0.125. The van der Waals surface area contributed by atoms with Crippen molar-refractivity contribution in [1.82, 2.24) is 14.8 Å². The summed E-state index contributed by atoms with van der Waals surface area (Å²) in [7, 11) is 4.00.